The fourth-order valence-corrected chi connectivity index (χ4v) is 4.59. The number of rotatable bonds is 5. The molecular formula is C22H19BrFN3O4S. The minimum absolute atomic E-state index is 0.0993. The van der Waals surface area contributed by atoms with Crippen LogP contribution in [0.5, 0.6) is 0 Å². The van der Waals surface area contributed by atoms with Crippen LogP contribution in [0.25, 0.3) is 0 Å². The number of halogens is 2. The number of hydrazone groups is 1. The van der Waals surface area contributed by atoms with Crippen LogP contribution in [0.3, 0.4) is 0 Å². The maximum absolute atomic E-state index is 13.1. The number of nitrogens with zero attached hydrogens (tertiary/aromatic N) is 1. The van der Waals surface area contributed by atoms with E-state index in [0.29, 0.717) is 47.5 Å². The SMILES string of the molecule is Cc1c(C(=O)Nc2ccc(Br)cc2)oc2c1/C(=N/NS(=O)(=O)c1ccc(F)cc1)CCC2. The molecule has 2 N–H and O–H groups in total. The largest absolute Gasteiger partial charge is 0.455 e. The van der Waals surface area contributed by atoms with E-state index < -0.39 is 21.7 Å². The van der Waals surface area contributed by atoms with Gasteiger partial charge in [-0.25, -0.2) is 4.39 Å². The van der Waals surface area contributed by atoms with Crippen molar-refractivity contribution in [2.45, 2.75) is 31.1 Å². The minimum atomic E-state index is -3.96. The molecule has 0 fully saturated rings. The molecule has 1 heterocycles. The van der Waals surface area contributed by atoms with Gasteiger partial charge in [-0.15, -0.1) is 0 Å². The molecule has 0 saturated carbocycles. The molecule has 4 rings (SSSR count). The molecule has 7 nitrogen and oxygen atoms in total. The topological polar surface area (TPSA) is 101 Å². The summed E-state index contributed by atoms with van der Waals surface area (Å²) in [6.45, 7) is 1.74. The Morgan fingerprint density at radius 3 is 2.47 bits per heavy atom. The van der Waals surface area contributed by atoms with Crippen LogP contribution in [0.15, 0.2) is 67.4 Å². The lowest BCUT2D eigenvalue weighted by Crippen LogP contribution is -2.22. The van der Waals surface area contributed by atoms with Gasteiger partial charge in [0.2, 0.25) is 0 Å². The van der Waals surface area contributed by atoms with Crippen molar-refractivity contribution in [1.29, 1.82) is 0 Å². The summed E-state index contributed by atoms with van der Waals surface area (Å²) in [5.41, 5.74) is 2.34. The molecule has 1 aromatic heterocycles. The molecule has 0 unspecified atom stereocenters. The number of amides is 1. The van der Waals surface area contributed by atoms with Gasteiger partial charge in [-0.05, 0) is 68.3 Å². The first kappa shape index (κ1) is 22.2. The second-order valence-electron chi connectivity index (χ2n) is 7.28. The Labute approximate surface area is 192 Å². The van der Waals surface area contributed by atoms with Gasteiger partial charge in [-0.2, -0.15) is 18.4 Å². The molecule has 166 valence electrons. The molecule has 0 atom stereocenters. The van der Waals surface area contributed by atoms with Gasteiger partial charge in [0.25, 0.3) is 15.9 Å². The predicted octanol–water partition coefficient (Wildman–Crippen LogP) is 4.76. The molecule has 0 saturated heterocycles. The van der Waals surface area contributed by atoms with Crippen LogP contribution >= 0.6 is 15.9 Å². The van der Waals surface area contributed by atoms with Crippen molar-refractivity contribution in [3.8, 4) is 0 Å². The third kappa shape index (κ3) is 4.61. The van der Waals surface area contributed by atoms with Crippen LogP contribution in [0.4, 0.5) is 10.1 Å². The number of hydrogen-bond acceptors (Lipinski definition) is 5. The van der Waals surface area contributed by atoms with Gasteiger partial charge in [0.1, 0.15) is 11.6 Å². The summed E-state index contributed by atoms with van der Waals surface area (Å²) in [4.78, 5) is 14.9. The van der Waals surface area contributed by atoms with Crippen molar-refractivity contribution in [3.63, 3.8) is 0 Å². The molecule has 0 radical (unpaired) electrons. The third-order valence-corrected chi connectivity index (χ3v) is 6.81. The summed E-state index contributed by atoms with van der Waals surface area (Å²) in [6, 6.07) is 11.6. The number of nitrogens with one attached hydrogen (secondary N) is 2. The van der Waals surface area contributed by atoms with Gasteiger partial charge >= 0.3 is 0 Å². The number of hydrogen-bond donors (Lipinski definition) is 2. The molecule has 2 aromatic carbocycles. The van der Waals surface area contributed by atoms with Gasteiger partial charge in [0, 0.05) is 27.7 Å². The van der Waals surface area contributed by atoms with E-state index in [1.165, 1.54) is 0 Å². The van der Waals surface area contributed by atoms with Gasteiger partial charge in [-0.1, -0.05) is 15.9 Å². The highest BCUT2D eigenvalue weighted by Crippen LogP contribution is 2.30. The highest BCUT2D eigenvalue weighted by atomic mass is 79.9. The van der Waals surface area contributed by atoms with E-state index in [4.69, 9.17) is 4.42 Å². The molecule has 0 spiro atoms. The average Bonchev–Trinajstić information content (AvgIpc) is 3.11. The van der Waals surface area contributed by atoms with Crippen LogP contribution in [0, 0.1) is 12.7 Å². The Morgan fingerprint density at radius 1 is 1.09 bits per heavy atom. The van der Waals surface area contributed by atoms with E-state index in [0.717, 1.165) is 28.7 Å². The van der Waals surface area contributed by atoms with Crippen molar-refractivity contribution in [2.75, 3.05) is 5.32 Å². The molecule has 32 heavy (non-hydrogen) atoms. The second kappa shape index (κ2) is 8.87. The van der Waals surface area contributed by atoms with E-state index in [1.54, 1.807) is 19.1 Å². The van der Waals surface area contributed by atoms with E-state index in [-0.39, 0.29) is 10.7 Å². The fourth-order valence-electron chi connectivity index (χ4n) is 3.50. The van der Waals surface area contributed by atoms with Crippen molar-refractivity contribution in [2.24, 2.45) is 5.10 Å². The lowest BCUT2D eigenvalue weighted by molar-refractivity contribution is 0.0994. The maximum Gasteiger partial charge on any atom is 0.291 e. The van der Waals surface area contributed by atoms with Gasteiger partial charge in [0.05, 0.1) is 10.6 Å². The van der Waals surface area contributed by atoms with Crippen LogP contribution in [-0.4, -0.2) is 20.0 Å². The molecular weight excluding hydrogens is 501 g/mol. The number of benzene rings is 2. The summed E-state index contributed by atoms with van der Waals surface area (Å²) in [5, 5.41) is 6.91. The summed E-state index contributed by atoms with van der Waals surface area (Å²) in [7, 11) is -3.96. The molecule has 0 aliphatic heterocycles. The predicted molar refractivity (Wildman–Crippen MR) is 122 cm³/mol. The number of fused-ring (bicyclic) bond motifs is 1. The van der Waals surface area contributed by atoms with Crippen LogP contribution in [0.2, 0.25) is 0 Å². The summed E-state index contributed by atoms with van der Waals surface area (Å²) in [6.07, 6.45) is 1.84. The van der Waals surface area contributed by atoms with Gasteiger partial charge in [0.15, 0.2) is 5.76 Å². The fraction of sp³-hybridized carbons (Fsp3) is 0.182. The molecule has 10 heteroatoms. The zero-order chi connectivity index (χ0) is 22.9. The average molecular weight is 520 g/mol. The van der Waals surface area contributed by atoms with Crippen molar-refractivity contribution in [1.82, 2.24) is 4.83 Å². The number of aryl methyl sites for hydroxylation is 1. The van der Waals surface area contributed by atoms with Crippen molar-refractivity contribution in [3.05, 3.63) is 81.5 Å². The Balaban J connectivity index is 1.59. The van der Waals surface area contributed by atoms with Gasteiger partial charge < -0.3 is 9.73 Å². The lowest BCUT2D eigenvalue weighted by Gasteiger charge is -2.14. The number of sulfonamides is 1. The molecule has 1 aliphatic carbocycles. The maximum atomic E-state index is 13.1. The second-order valence-corrected chi connectivity index (χ2v) is 9.85. The van der Waals surface area contributed by atoms with Crippen LogP contribution in [-0.2, 0) is 16.4 Å². The van der Waals surface area contributed by atoms with E-state index in [2.05, 4.69) is 31.2 Å². The normalized spacial score (nSPS) is 14.8. The first-order chi connectivity index (χ1) is 15.2. The first-order valence-corrected chi connectivity index (χ1v) is 12.1. The van der Waals surface area contributed by atoms with Gasteiger partial charge in [-0.3, -0.25) is 4.79 Å². The standard InChI is InChI=1S/C22H19BrFN3O4S/c1-13-20-18(26-27-32(29,30)17-11-7-15(24)8-12-17)3-2-4-19(20)31-21(13)22(28)25-16-9-5-14(23)6-10-16/h5-12,27H,2-4H2,1H3,(H,25,28)/b26-18+. The molecule has 0 bridgehead atoms. The summed E-state index contributed by atoms with van der Waals surface area (Å²) >= 11 is 3.35. The highest BCUT2D eigenvalue weighted by Gasteiger charge is 2.28. The minimum Gasteiger partial charge on any atom is -0.455 e. The number of furan rings is 1. The van der Waals surface area contributed by atoms with Crippen LogP contribution in [0.1, 0.15) is 40.3 Å². The monoisotopic (exact) mass is 519 g/mol. The van der Waals surface area contributed by atoms with E-state index >= 15 is 0 Å². The summed E-state index contributed by atoms with van der Waals surface area (Å²) < 4.78 is 44.8. The zero-order valence-corrected chi connectivity index (χ0v) is 19.4. The Bertz CT molecular complexity index is 1300. The van der Waals surface area contributed by atoms with E-state index in [9.17, 15) is 17.6 Å². The Morgan fingerprint density at radius 2 is 1.78 bits per heavy atom. The quantitative estimate of drug-likeness (QED) is 0.474. The highest BCUT2D eigenvalue weighted by molar-refractivity contribution is 9.10. The first-order valence-electron chi connectivity index (χ1n) is 9.78. The Hall–Kier alpha value is -2.98. The smallest absolute Gasteiger partial charge is 0.291 e. The zero-order valence-electron chi connectivity index (χ0n) is 17.0. The molecule has 1 aliphatic rings. The number of carbonyl (C=O) groups is 1. The molecule has 1 amide bonds. The van der Waals surface area contributed by atoms with Crippen molar-refractivity contribution < 1.29 is 22.0 Å². The van der Waals surface area contributed by atoms with Crippen LogP contribution < -0.4 is 10.1 Å². The Kier molecular flexibility index (Phi) is 6.16. The van der Waals surface area contributed by atoms with Crippen molar-refractivity contribution >= 4 is 43.3 Å². The number of anilines is 1. The third-order valence-electron chi connectivity index (χ3n) is 5.06. The lowest BCUT2D eigenvalue weighted by atomic mass is 9.93. The van der Waals surface area contributed by atoms with E-state index in [1.807, 2.05) is 12.1 Å². The number of carbonyl (C=O) groups excluding carboxylic acids is 1. The summed E-state index contributed by atoms with van der Waals surface area (Å²) in [5.74, 6) is -0.177. The molecule has 3 aromatic rings.